The third-order valence-electron chi connectivity index (χ3n) is 4.01. The first-order valence-corrected chi connectivity index (χ1v) is 7.89. The van der Waals surface area contributed by atoms with Gasteiger partial charge in [0, 0.05) is 6.21 Å². The van der Waals surface area contributed by atoms with Crippen LogP contribution >= 0.6 is 0 Å². The highest BCUT2D eigenvalue weighted by Gasteiger charge is 2.15. The Bertz CT molecular complexity index is 1170. The Balaban J connectivity index is 1.93. The van der Waals surface area contributed by atoms with Gasteiger partial charge in [-0.25, -0.2) is 18.9 Å². The summed E-state index contributed by atoms with van der Waals surface area (Å²) in [5, 5.41) is 4.39. The molecule has 0 spiro atoms. The molecule has 124 valence electrons. The quantitative estimate of drug-likeness (QED) is 0.583. The number of anilines is 1. The third-order valence-corrected chi connectivity index (χ3v) is 4.01. The Morgan fingerprint density at radius 1 is 1.16 bits per heavy atom. The number of rotatable bonds is 3. The molecule has 0 atom stereocenters. The zero-order valence-corrected chi connectivity index (χ0v) is 13.6. The fraction of sp³-hybridized carbons (Fsp3) is 0.111. The van der Waals surface area contributed by atoms with Gasteiger partial charge >= 0.3 is 5.69 Å². The van der Waals surface area contributed by atoms with E-state index in [1.807, 2.05) is 55.5 Å². The van der Waals surface area contributed by atoms with Crippen LogP contribution in [0.15, 0.2) is 58.3 Å². The van der Waals surface area contributed by atoms with Crippen molar-refractivity contribution in [2.75, 3.05) is 5.73 Å². The van der Waals surface area contributed by atoms with E-state index >= 15 is 0 Å². The molecule has 2 heterocycles. The predicted molar refractivity (Wildman–Crippen MR) is 98.5 cm³/mol. The van der Waals surface area contributed by atoms with Crippen molar-refractivity contribution >= 4 is 34.4 Å². The molecule has 0 aliphatic carbocycles. The van der Waals surface area contributed by atoms with Crippen LogP contribution < -0.4 is 11.4 Å². The van der Waals surface area contributed by atoms with Crippen LogP contribution in [0.2, 0.25) is 0 Å². The summed E-state index contributed by atoms with van der Waals surface area (Å²) in [6.07, 6.45) is 1.72. The second-order valence-electron chi connectivity index (χ2n) is 5.60. The van der Waals surface area contributed by atoms with Crippen LogP contribution in [0, 0.1) is 0 Å². The van der Waals surface area contributed by atoms with Crippen molar-refractivity contribution in [2.24, 2.45) is 4.99 Å². The minimum atomic E-state index is -0.254. The number of nitrogen functional groups attached to an aromatic ring is 1. The van der Waals surface area contributed by atoms with Crippen LogP contribution in [0.1, 0.15) is 12.5 Å². The number of fused-ring (bicyclic) bond motifs is 3. The standard InChI is InChI=1S/C18H16N6O/c1-2-20-13-8-4-3-7-12(13)11-23-18(25)24-15-10-6-5-9-14(15)21-16(19)17(24)22-23/h2-10H,11H2,1H3,(H2,19,21)/b20-2+. The van der Waals surface area contributed by atoms with Crippen LogP contribution in [-0.2, 0) is 6.54 Å². The van der Waals surface area contributed by atoms with Crippen LogP contribution in [0.3, 0.4) is 0 Å². The second-order valence-corrected chi connectivity index (χ2v) is 5.60. The summed E-state index contributed by atoms with van der Waals surface area (Å²) in [6, 6.07) is 15.0. The molecule has 0 radical (unpaired) electrons. The van der Waals surface area contributed by atoms with E-state index < -0.39 is 0 Å². The molecule has 0 aliphatic heterocycles. The van der Waals surface area contributed by atoms with Gasteiger partial charge in [-0.2, -0.15) is 0 Å². The van der Waals surface area contributed by atoms with E-state index in [0.717, 1.165) is 11.3 Å². The highest BCUT2D eigenvalue weighted by Crippen LogP contribution is 2.20. The summed E-state index contributed by atoms with van der Waals surface area (Å²) in [4.78, 5) is 21.6. The Hall–Kier alpha value is -3.48. The molecule has 4 aromatic rings. The molecule has 0 saturated heterocycles. The minimum absolute atomic E-state index is 0.231. The Labute approximate surface area is 143 Å². The first-order valence-electron chi connectivity index (χ1n) is 7.89. The van der Waals surface area contributed by atoms with Crippen LogP contribution in [0.5, 0.6) is 0 Å². The van der Waals surface area contributed by atoms with Gasteiger partial charge in [0.1, 0.15) is 0 Å². The zero-order valence-electron chi connectivity index (χ0n) is 13.6. The fourth-order valence-electron chi connectivity index (χ4n) is 2.89. The van der Waals surface area contributed by atoms with Gasteiger partial charge in [-0.15, -0.1) is 5.10 Å². The van der Waals surface area contributed by atoms with Crippen molar-refractivity contribution in [1.82, 2.24) is 19.2 Å². The Kier molecular flexibility index (Phi) is 3.53. The van der Waals surface area contributed by atoms with Gasteiger partial charge in [0.2, 0.25) is 5.65 Å². The fourth-order valence-corrected chi connectivity index (χ4v) is 2.89. The average molecular weight is 332 g/mol. The van der Waals surface area contributed by atoms with Crippen molar-refractivity contribution in [3.8, 4) is 0 Å². The summed E-state index contributed by atoms with van der Waals surface area (Å²) in [7, 11) is 0. The third kappa shape index (κ3) is 2.46. The summed E-state index contributed by atoms with van der Waals surface area (Å²) in [6.45, 7) is 2.16. The molecular formula is C18H16N6O. The van der Waals surface area contributed by atoms with Crippen LogP contribution in [0.4, 0.5) is 11.5 Å². The lowest BCUT2D eigenvalue weighted by atomic mass is 10.2. The molecule has 0 saturated carbocycles. The molecule has 2 N–H and O–H groups in total. The van der Waals surface area contributed by atoms with Gasteiger partial charge < -0.3 is 5.73 Å². The van der Waals surface area contributed by atoms with Gasteiger partial charge in [-0.05, 0) is 30.7 Å². The minimum Gasteiger partial charge on any atom is -0.381 e. The number of aromatic nitrogens is 4. The maximum Gasteiger partial charge on any atom is 0.351 e. The molecule has 7 nitrogen and oxygen atoms in total. The Morgan fingerprint density at radius 2 is 1.92 bits per heavy atom. The number of para-hydroxylation sites is 3. The lowest BCUT2D eigenvalue weighted by Crippen LogP contribution is -2.22. The van der Waals surface area contributed by atoms with Crippen molar-refractivity contribution in [3.63, 3.8) is 0 Å². The van der Waals surface area contributed by atoms with E-state index in [2.05, 4.69) is 15.1 Å². The molecule has 0 amide bonds. The number of hydrogen-bond donors (Lipinski definition) is 1. The number of benzene rings is 2. The SMILES string of the molecule is C/C=N/c1ccccc1Cn1nc2c(N)nc3ccccc3n2c1=O. The van der Waals surface area contributed by atoms with Crippen molar-refractivity contribution in [1.29, 1.82) is 0 Å². The molecule has 0 aliphatic rings. The van der Waals surface area contributed by atoms with Gasteiger partial charge in [-0.1, -0.05) is 30.3 Å². The first kappa shape index (κ1) is 15.1. The van der Waals surface area contributed by atoms with E-state index in [4.69, 9.17) is 5.73 Å². The molecule has 0 fully saturated rings. The second kappa shape index (κ2) is 5.86. The van der Waals surface area contributed by atoms with Gasteiger partial charge in [0.25, 0.3) is 0 Å². The van der Waals surface area contributed by atoms with Crippen molar-refractivity contribution in [2.45, 2.75) is 13.5 Å². The molecule has 0 unspecified atom stereocenters. The smallest absolute Gasteiger partial charge is 0.351 e. The van der Waals surface area contributed by atoms with Crippen LogP contribution in [-0.4, -0.2) is 25.4 Å². The molecule has 2 aromatic carbocycles. The van der Waals surface area contributed by atoms with Crippen molar-refractivity contribution in [3.05, 3.63) is 64.6 Å². The normalized spacial score (nSPS) is 11.7. The first-order chi connectivity index (χ1) is 12.2. The van der Waals surface area contributed by atoms with Gasteiger partial charge in [0.15, 0.2) is 5.82 Å². The number of hydrogen-bond acceptors (Lipinski definition) is 5. The van der Waals surface area contributed by atoms with Crippen molar-refractivity contribution < 1.29 is 0 Å². The largest absolute Gasteiger partial charge is 0.381 e. The van der Waals surface area contributed by atoms with E-state index in [9.17, 15) is 4.79 Å². The van der Waals surface area contributed by atoms with Gasteiger partial charge in [0.05, 0.1) is 23.3 Å². The maximum absolute atomic E-state index is 12.9. The molecule has 7 heteroatoms. The van der Waals surface area contributed by atoms with Gasteiger partial charge in [-0.3, -0.25) is 4.99 Å². The molecule has 2 aromatic heterocycles. The summed E-state index contributed by atoms with van der Waals surface area (Å²) < 4.78 is 2.90. The average Bonchev–Trinajstić information content (AvgIpc) is 2.95. The lowest BCUT2D eigenvalue weighted by Gasteiger charge is -2.04. The molecular weight excluding hydrogens is 316 g/mol. The number of aliphatic imine (C=N–C) groups is 1. The molecule has 4 rings (SSSR count). The summed E-state index contributed by atoms with van der Waals surface area (Å²) >= 11 is 0. The molecule has 25 heavy (non-hydrogen) atoms. The zero-order chi connectivity index (χ0) is 17.4. The summed E-state index contributed by atoms with van der Waals surface area (Å²) in [5.74, 6) is 0.231. The number of nitrogens with zero attached hydrogens (tertiary/aromatic N) is 5. The van der Waals surface area contributed by atoms with E-state index in [1.54, 1.807) is 6.21 Å². The molecule has 0 bridgehead atoms. The monoisotopic (exact) mass is 332 g/mol. The topological polar surface area (TPSA) is 90.6 Å². The Morgan fingerprint density at radius 3 is 2.76 bits per heavy atom. The van der Waals surface area contributed by atoms with E-state index in [1.165, 1.54) is 9.08 Å². The highest BCUT2D eigenvalue weighted by molar-refractivity contribution is 5.81. The number of nitrogens with two attached hydrogens (primary N) is 1. The van der Waals surface area contributed by atoms with Crippen LogP contribution in [0.25, 0.3) is 16.7 Å². The van der Waals surface area contributed by atoms with E-state index in [-0.39, 0.29) is 11.5 Å². The summed E-state index contributed by atoms with van der Waals surface area (Å²) in [5.41, 5.74) is 9.17. The lowest BCUT2D eigenvalue weighted by molar-refractivity contribution is 0.661. The maximum atomic E-state index is 12.9. The van der Waals surface area contributed by atoms with E-state index in [0.29, 0.717) is 23.2 Å². The predicted octanol–water partition coefficient (Wildman–Crippen LogP) is 2.40. The highest BCUT2D eigenvalue weighted by atomic mass is 16.2.